The van der Waals surface area contributed by atoms with Crippen molar-refractivity contribution in [3.63, 3.8) is 0 Å². The molecule has 2 N–H and O–H groups in total. The minimum atomic E-state index is -3.96. The van der Waals surface area contributed by atoms with Gasteiger partial charge in [-0.15, -0.1) is 0 Å². The van der Waals surface area contributed by atoms with Crippen LogP contribution in [0.5, 0.6) is 0 Å². The molecule has 2 heterocycles. The Bertz CT molecular complexity index is 1640. The molecule has 3 aromatic rings. The molecule has 198 valence electrons. The third-order valence-electron chi connectivity index (χ3n) is 6.05. The minimum absolute atomic E-state index is 0.0938. The van der Waals surface area contributed by atoms with Crippen molar-refractivity contribution in [1.82, 2.24) is 8.87 Å². The number of rotatable bonds is 6. The van der Waals surface area contributed by atoms with Gasteiger partial charge in [-0.1, -0.05) is 18.3 Å². The van der Waals surface area contributed by atoms with E-state index in [9.17, 15) is 26.4 Å². The molecule has 1 unspecified atom stereocenters. The van der Waals surface area contributed by atoms with Crippen LogP contribution in [0.3, 0.4) is 0 Å². The zero-order valence-corrected chi connectivity index (χ0v) is 22.6. The van der Waals surface area contributed by atoms with Crippen molar-refractivity contribution < 1.29 is 31.2 Å². The number of ether oxygens (including phenoxy) is 1. The highest BCUT2D eigenvalue weighted by Crippen LogP contribution is 2.24. The maximum absolute atomic E-state index is 13.0. The van der Waals surface area contributed by atoms with Crippen LogP contribution in [0.2, 0.25) is 0 Å². The molecule has 37 heavy (non-hydrogen) atoms. The number of methoxy groups -OCH3 is 1. The summed E-state index contributed by atoms with van der Waals surface area (Å²) in [5.74, 6) is -0.972. The number of nitrogens with two attached hydrogens (primary N) is 1. The lowest BCUT2D eigenvalue weighted by Gasteiger charge is -2.30. The predicted molar refractivity (Wildman–Crippen MR) is 137 cm³/mol. The van der Waals surface area contributed by atoms with Gasteiger partial charge in [-0.2, -0.15) is 9.30 Å². The van der Waals surface area contributed by atoms with E-state index < -0.39 is 31.9 Å². The lowest BCUT2D eigenvalue weighted by atomic mass is 10.0. The second-order valence-electron chi connectivity index (χ2n) is 8.77. The molecule has 0 bridgehead atoms. The normalized spacial score (nSPS) is 17.7. The molecule has 1 amide bonds. The van der Waals surface area contributed by atoms with Crippen LogP contribution in [0.15, 0.2) is 57.2 Å². The number of piperidine rings is 1. The van der Waals surface area contributed by atoms with Crippen molar-refractivity contribution in [2.45, 2.75) is 36.1 Å². The maximum Gasteiger partial charge on any atom is 0.325 e. The Hall–Kier alpha value is -2.91. The topological polar surface area (TPSA) is 158 Å². The standard InChI is InChI=1S/C23H26N4O7S3/c1-15-4-3-11-26(13-15)37(32,33)17-7-5-16(6-8-17)22(29)25-23-27(14-21(28)34-2)19-10-9-18(36(24,30)31)12-20(19)35-23/h5-10,12,15H,3-4,11,13-14H2,1-2H3,(H2,24,30,31). The summed E-state index contributed by atoms with van der Waals surface area (Å²) < 4.78 is 57.6. The van der Waals surface area contributed by atoms with Gasteiger partial charge in [0, 0.05) is 18.7 Å². The molecule has 2 aromatic carbocycles. The average Bonchev–Trinajstić information content (AvgIpc) is 3.19. The van der Waals surface area contributed by atoms with Gasteiger partial charge in [0.2, 0.25) is 20.0 Å². The Kier molecular flexibility index (Phi) is 7.67. The molecule has 1 aliphatic heterocycles. The molecule has 1 atom stereocenters. The van der Waals surface area contributed by atoms with E-state index in [0.717, 1.165) is 24.2 Å². The number of thiazole rings is 1. The third-order valence-corrected chi connectivity index (χ3v) is 9.89. The smallest absolute Gasteiger partial charge is 0.325 e. The van der Waals surface area contributed by atoms with E-state index in [2.05, 4.69) is 4.99 Å². The summed E-state index contributed by atoms with van der Waals surface area (Å²) in [5.41, 5.74) is 0.616. The van der Waals surface area contributed by atoms with Gasteiger partial charge in [0.1, 0.15) is 6.54 Å². The Balaban J connectivity index is 1.70. The van der Waals surface area contributed by atoms with Crippen molar-refractivity contribution in [3.05, 3.63) is 52.8 Å². The first kappa shape index (κ1) is 27.1. The van der Waals surface area contributed by atoms with Crippen molar-refractivity contribution in [2.75, 3.05) is 20.2 Å². The average molecular weight is 567 g/mol. The van der Waals surface area contributed by atoms with E-state index in [-0.39, 0.29) is 32.6 Å². The molecule has 1 aliphatic rings. The number of nitrogens with zero attached hydrogens (tertiary/aromatic N) is 3. The zero-order chi connectivity index (χ0) is 27.0. The van der Waals surface area contributed by atoms with Crippen LogP contribution < -0.4 is 9.94 Å². The van der Waals surface area contributed by atoms with Crippen molar-refractivity contribution in [2.24, 2.45) is 16.0 Å². The lowest BCUT2D eigenvalue weighted by molar-refractivity contribution is -0.141. The van der Waals surface area contributed by atoms with E-state index in [0.29, 0.717) is 23.3 Å². The number of primary sulfonamides is 1. The van der Waals surface area contributed by atoms with Gasteiger partial charge in [-0.3, -0.25) is 9.59 Å². The Morgan fingerprint density at radius 1 is 1.11 bits per heavy atom. The zero-order valence-electron chi connectivity index (χ0n) is 20.2. The number of hydrogen-bond donors (Lipinski definition) is 1. The molecule has 4 rings (SSSR count). The SMILES string of the molecule is COC(=O)Cn1c(=NC(=O)c2ccc(S(=O)(=O)N3CCCC(C)C3)cc2)sc2cc(S(N)(=O)=O)ccc21. The van der Waals surface area contributed by atoms with Gasteiger partial charge in [0.25, 0.3) is 5.91 Å². The van der Waals surface area contributed by atoms with Crippen LogP contribution in [-0.4, -0.2) is 57.8 Å². The minimum Gasteiger partial charge on any atom is -0.468 e. The van der Waals surface area contributed by atoms with Crippen LogP contribution in [0.4, 0.5) is 0 Å². The van der Waals surface area contributed by atoms with Gasteiger partial charge in [0.05, 0.1) is 27.1 Å². The Morgan fingerprint density at radius 3 is 2.41 bits per heavy atom. The first-order valence-electron chi connectivity index (χ1n) is 11.3. The van der Waals surface area contributed by atoms with Gasteiger partial charge in [-0.05, 0) is 61.2 Å². The Morgan fingerprint density at radius 2 is 1.78 bits per heavy atom. The molecule has 0 aliphatic carbocycles. The Labute approximate surface area is 218 Å². The number of sulfonamides is 2. The van der Waals surface area contributed by atoms with Gasteiger partial charge < -0.3 is 9.30 Å². The van der Waals surface area contributed by atoms with Crippen molar-refractivity contribution in [1.29, 1.82) is 0 Å². The summed E-state index contributed by atoms with van der Waals surface area (Å²) in [7, 11) is -6.42. The number of carbonyl (C=O) groups is 2. The summed E-state index contributed by atoms with van der Waals surface area (Å²) in [6.45, 7) is 2.67. The highest BCUT2D eigenvalue weighted by molar-refractivity contribution is 7.89. The summed E-state index contributed by atoms with van der Waals surface area (Å²) >= 11 is 1.00. The largest absolute Gasteiger partial charge is 0.468 e. The monoisotopic (exact) mass is 566 g/mol. The molecule has 1 fully saturated rings. The maximum atomic E-state index is 13.0. The molecule has 11 nitrogen and oxygen atoms in total. The fraction of sp³-hybridized carbons (Fsp3) is 0.348. The fourth-order valence-electron chi connectivity index (χ4n) is 4.10. The first-order chi connectivity index (χ1) is 17.4. The summed E-state index contributed by atoms with van der Waals surface area (Å²) in [5, 5.41) is 5.22. The van der Waals surface area contributed by atoms with E-state index in [1.54, 1.807) is 0 Å². The predicted octanol–water partition coefficient (Wildman–Crippen LogP) is 1.68. The lowest BCUT2D eigenvalue weighted by Crippen LogP contribution is -2.39. The molecular formula is C23H26N4O7S3. The second-order valence-corrected chi connectivity index (χ2v) is 13.3. The number of esters is 1. The molecular weight excluding hydrogens is 540 g/mol. The highest BCUT2D eigenvalue weighted by atomic mass is 32.2. The number of benzene rings is 2. The summed E-state index contributed by atoms with van der Waals surface area (Å²) in [6.07, 6.45) is 1.79. The molecule has 0 saturated carbocycles. The number of fused-ring (bicyclic) bond motifs is 1. The molecule has 14 heteroatoms. The van der Waals surface area contributed by atoms with E-state index in [4.69, 9.17) is 9.88 Å². The van der Waals surface area contributed by atoms with Gasteiger partial charge in [0.15, 0.2) is 4.80 Å². The number of aromatic nitrogens is 1. The fourth-order valence-corrected chi connectivity index (χ4v) is 7.38. The van der Waals surface area contributed by atoms with Crippen molar-refractivity contribution >= 4 is 53.5 Å². The first-order valence-corrected chi connectivity index (χ1v) is 15.1. The summed E-state index contributed by atoms with van der Waals surface area (Å²) in [4.78, 5) is 29.2. The van der Waals surface area contributed by atoms with Gasteiger partial charge in [-0.25, -0.2) is 22.0 Å². The van der Waals surface area contributed by atoms with Crippen LogP contribution in [0, 0.1) is 5.92 Å². The van der Waals surface area contributed by atoms with Crippen LogP contribution >= 0.6 is 11.3 Å². The van der Waals surface area contributed by atoms with Crippen LogP contribution in [-0.2, 0) is 36.1 Å². The quantitative estimate of drug-likeness (QED) is 0.445. The third kappa shape index (κ3) is 5.83. The summed E-state index contributed by atoms with van der Waals surface area (Å²) in [6, 6.07) is 9.65. The molecule has 1 saturated heterocycles. The van der Waals surface area contributed by atoms with E-state index in [1.165, 1.54) is 58.4 Å². The number of amides is 1. The molecule has 1 aromatic heterocycles. The van der Waals surface area contributed by atoms with Crippen LogP contribution in [0.1, 0.15) is 30.1 Å². The van der Waals surface area contributed by atoms with E-state index in [1.807, 2.05) is 6.92 Å². The highest BCUT2D eigenvalue weighted by Gasteiger charge is 2.28. The number of hydrogen-bond acceptors (Lipinski definition) is 8. The molecule has 0 radical (unpaired) electrons. The second kappa shape index (κ2) is 10.5. The van der Waals surface area contributed by atoms with Crippen molar-refractivity contribution in [3.8, 4) is 0 Å². The van der Waals surface area contributed by atoms with Crippen LogP contribution in [0.25, 0.3) is 10.2 Å². The molecule has 0 spiro atoms. The number of carbonyl (C=O) groups excluding carboxylic acids is 2. The van der Waals surface area contributed by atoms with E-state index >= 15 is 0 Å². The van der Waals surface area contributed by atoms with Gasteiger partial charge >= 0.3 is 5.97 Å².